The molecule has 0 saturated carbocycles. The van der Waals surface area contributed by atoms with Gasteiger partial charge in [-0.15, -0.1) is 0 Å². The highest BCUT2D eigenvalue weighted by Gasteiger charge is 2.23. The Morgan fingerprint density at radius 1 is 1.12 bits per heavy atom. The number of amides is 2. The first kappa shape index (κ1) is 15.7. The summed E-state index contributed by atoms with van der Waals surface area (Å²) in [6, 6.07) is 14.3. The fourth-order valence-electron chi connectivity index (χ4n) is 2.47. The van der Waals surface area contributed by atoms with Crippen LogP contribution in [0.4, 0.5) is 14.9 Å². The highest BCUT2D eigenvalue weighted by atomic mass is 19.1. The van der Waals surface area contributed by atoms with Gasteiger partial charge >= 0.3 is 6.03 Å². The third-order valence-corrected chi connectivity index (χ3v) is 3.64. The third kappa shape index (κ3) is 3.43. The van der Waals surface area contributed by atoms with Crippen LogP contribution in [0.5, 0.6) is 0 Å². The molecule has 6 heteroatoms. The molecule has 3 aromatic rings. The second-order valence-corrected chi connectivity index (χ2v) is 5.32. The Morgan fingerprint density at radius 3 is 2.50 bits per heavy atom. The third-order valence-electron chi connectivity index (χ3n) is 3.64. The van der Waals surface area contributed by atoms with E-state index in [2.05, 4.69) is 15.6 Å². The van der Waals surface area contributed by atoms with Crippen molar-refractivity contribution in [2.75, 3.05) is 5.32 Å². The summed E-state index contributed by atoms with van der Waals surface area (Å²) < 4.78 is 16.0. The molecule has 0 fully saturated rings. The number of rotatable bonds is 4. The van der Waals surface area contributed by atoms with E-state index in [1.807, 2.05) is 18.2 Å². The van der Waals surface area contributed by atoms with Crippen molar-refractivity contribution in [3.05, 3.63) is 84.2 Å². The zero-order chi connectivity index (χ0) is 16.9. The zero-order valence-electron chi connectivity index (χ0n) is 13.1. The summed E-state index contributed by atoms with van der Waals surface area (Å²) in [5.41, 5.74) is 1.01. The van der Waals surface area contributed by atoms with Crippen LogP contribution in [0, 0.1) is 5.82 Å². The number of hydrogen-bond donors (Lipinski definition) is 2. The van der Waals surface area contributed by atoms with Gasteiger partial charge in [0.2, 0.25) is 0 Å². The Hall–Kier alpha value is -3.15. The number of benzene rings is 2. The number of para-hydroxylation sites is 1. The van der Waals surface area contributed by atoms with Crippen LogP contribution >= 0.6 is 0 Å². The number of anilines is 1. The number of carbonyl (C=O) groups excluding carboxylic acids is 1. The molecule has 0 unspecified atom stereocenters. The van der Waals surface area contributed by atoms with Gasteiger partial charge in [-0.3, -0.25) is 0 Å². The molecule has 2 N–H and O–H groups in total. The Balaban J connectivity index is 1.87. The molecule has 1 atom stereocenters. The summed E-state index contributed by atoms with van der Waals surface area (Å²) >= 11 is 0. The first-order valence-corrected chi connectivity index (χ1v) is 7.49. The smallest absolute Gasteiger partial charge is 0.320 e. The maximum Gasteiger partial charge on any atom is 0.320 e. The molecule has 24 heavy (non-hydrogen) atoms. The highest BCUT2D eigenvalue weighted by molar-refractivity contribution is 5.89. The number of nitrogens with one attached hydrogen (secondary N) is 2. The van der Waals surface area contributed by atoms with Crippen molar-refractivity contribution in [2.45, 2.75) is 6.04 Å². The van der Waals surface area contributed by atoms with Crippen molar-refractivity contribution in [1.82, 2.24) is 14.9 Å². The van der Waals surface area contributed by atoms with Gasteiger partial charge in [-0.1, -0.05) is 36.4 Å². The molecule has 1 aromatic heterocycles. The molecule has 3 rings (SSSR count). The molecular weight excluding hydrogens is 307 g/mol. The minimum atomic E-state index is -0.699. The van der Waals surface area contributed by atoms with E-state index in [-0.39, 0.29) is 0 Å². The van der Waals surface area contributed by atoms with E-state index in [9.17, 15) is 9.18 Å². The van der Waals surface area contributed by atoms with E-state index < -0.39 is 17.9 Å². The number of aromatic nitrogens is 2. The molecule has 0 spiro atoms. The number of aryl methyl sites for hydroxylation is 1. The minimum absolute atomic E-state index is 0.356. The molecule has 5 nitrogen and oxygen atoms in total. The van der Waals surface area contributed by atoms with Crippen LogP contribution in [0.1, 0.15) is 17.4 Å². The minimum Gasteiger partial charge on any atom is -0.336 e. The first-order valence-electron chi connectivity index (χ1n) is 7.49. The monoisotopic (exact) mass is 324 g/mol. The van der Waals surface area contributed by atoms with E-state index in [0.29, 0.717) is 17.1 Å². The average Bonchev–Trinajstić information content (AvgIpc) is 3.00. The second kappa shape index (κ2) is 6.95. The lowest BCUT2D eigenvalue weighted by Crippen LogP contribution is -2.35. The van der Waals surface area contributed by atoms with E-state index in [1.165, 1.54) is 6.07 Å². The van der Waals surface area contributed by atoms with E-state index in [4.69, 9.17) is 0 Å². The van der Waals surface area contributed by atoms with Crippen molar-refractivity contribution >= 4 is 11.7 Å². The van der Waals surface area contributed by atoms with Crippen molar-refractivity contribution in [3.63, 3.8) is 0 Å². The van der Waals surface area contributed by atoms with Crippen LogP contribution in [-0.4, -0.2) is 15.6 Å². The van der Waals surface area contributed by atoms with E-state index in [1.54, 1.807) is 54.3 Å². The molecule has 1 heterocycles. The van der Waals surface area contributed by atoms with Gasteiger partial charge in [-0.25, -0.2) is 14.2 Å². The van der Waals surface area contributed by atoms with Crippen molar-refractivity contribution in [1.29, 1.82) is 0 Å². The number of urea groups is 1. The van der Waals surface area contributed by atoms with Gasteiger partial charge in [0.1, 0.15) is 17.7 Å². The molecule has 0 bridgehead atoms. The Morgan fingerprint density at radius 2 is 1.83 bits per heavy atom. The van der Waals surface area contributed by atoms with Gasteiger partial charge in [-0.05, 0) is 18.2 Å². The van der Waals surface area contributed by atoms with Gasteiger partial charge in [-0.2, -0.15) is 0 Å². The van der Waals surface area contributed by atoms with Crippen LogP contribution in [-0.2, 0) is 7.05 Å². The van der Waals surface area contributed by atoms with Crippen LogP contribution < -0.4 is 10.6 Å². The maximum atomic E-state index is 14.2. The Kier molecular flexibility index (Phi) is 4.56. The number of imidazole rings is 1. The lowest BCUT2D eigenvalue weighted by atomic mass is 10.1. The molecule has 0 saturated heterocycles. The summed E-state index contributed by atoms with van der Waals surface area (Å²) in [6.45, 7) is 0. The molecule has 122 valence electrons. The van der Waals surface area contributed by atoms with Crippen molar-refractivity contribution in [2.24, 2.45) is 7.05 Å². The molecule has 0 aliphatic rings. The van der Waals surface area contributed by atoms with Crippen LogP contribution in [0.25, 0.3) is 0 Å². The Labute approximate surface area is 139 Å². The molecule has 2 aromatic carbocycles. The lowest BCUT2D eigenvalue weighted by molar-refractivity contribution is 0.249. The predicted octanol–water partition coefficient (Wildman–Crippen LogP) is 3.47. The predicted molar refractivity (Wildman–Crippen MR) is 90.0 cm³/mol. The quantitative estimate of drug-likeness (QED) is 0.772. The van der Waals surface area contributed by atoms with Crippen LogP contribution in [0.2, 0.25) is 0 Å². The molecular formula is C18H17FN4O. The number of nitrogens with zero attached hydrogens (tertiary/aromatic N) is 2. The van der Waals surface area contributed by atoms with Crippen molar-refractivity contribution in [3.8, 4) is 0 Å². The lowest BCUT2D eigenvalue weighted by Gasteiger charge is -2.20. The number of hydrogen-bond acceptors (Lipinski definition) is 2. The molecule has 2 amide bonds. The topological polar surface area (TPSA) is 59.0 Å². The molecule has 0 aliphatic heterocycles. The summed E-state index contributed by atoms with van der Waals surface area (Å²) in [5.74, 6) is 0.147. The van der Waals surface area contributed by atoms with Crippen molar-refractivity contribution < 1.29 is 9.18 Å². The summed E-state index contributed by atoms with van der Waals surface area (Å²) in [6.07, 6.45) is 3.36. The van der Waals surface area contributed by atoms with Crippen LogP contribution in [0.15, 0.2) is 67.0 Å². The summed E-state index contributed by atoms with van der Waals surface area (Å²) in [5, 5.41) is 5.53. The summed E-state index contributed by atoms with van der Waals surface area (Å²) in [4.78, 5) is 16.6. The maximum absolute atomic E-state index is 14.2. The zero-order valence-corrected chi connectivity index (χ0v) is 13.1. The van der Waals surface area contributed by atoms with Gasteiger partial charge in [0.05, 0.1) is 0 Å². The van der Waals surface area contributed by atoms with Crippen LogP contribution in [0.3, 0.4) is 0 Å². The largest absolute Gasteiger partial charge is 0.336 e. The summed E-state index contributed by atoms with van der Waals surface area (Å²) in [7, 11) is 1.80. The van der Waals surface area contributed by atoms with Gasteiger partial charge in [0.15, 0.2) is 0 Å². The van der Waals surface area contributed by atoms with Gasteiger partial charge < -0.3 is 15.2 Å². The first-order chi connectivity index (χ1) is 11.6. The van der Waals surface area contributed by atoms with E-state index in [0.717, 1.165) is 0 Å². The normalized spacial score (nSPS) is 11.8. The number of halogens is 1. The Bertz CT molecular complexity index is 832. The standard InChI is InChI=1S/C18H17FN4O/c1-23-12-11-20-17(23)16(14-9-5-6-10-15(14)19)22-18(24)21-13-7-3-2-4-8-13/h2-12,16H,1H3,(H2,21,22,24)/t16-/m1/s1. The van der Waals surface area contributed by atoms with Gasteiger partial charge in [0, 0.05) is 30.7 Å². The van der Waals surface area contributed by atoms with Gasteiger partial charge in [0.25, 0.3) is 0 Å². The fourth-order valence-corrected chi connectivity index (χ4v) is 2.47. The van der Waals surface area contributed by atoms with E-state index >= 15 is 0 Å². The average molecular weight is 324 g/mol. The number of carbonyl (C=O) groups is 1. The SMILES string of the molecule is Cn1ccnc1[C@H](NC(=O)Nc1ccccc1)c1ccccc1F. The fraction of sp³-hybridized carbons (Fsp3) is 0.111. The highest BCUT2D eigenvalue weighted by Crippen LogP contribution is 2.23. The molecule has 0 radical (unpaired) electrons. The molecule has 0 aliphatic carbocycles. The second-order valence-electron chi connectivity index (χ2n) is 5.32.